The van der Waals surface area contributed by atoms with Crippen LogP contribution in [-0.2, 0) is 20.7 Å². The fourth-order valence-electron chi connectivity index (χ4n) is 2.47. The van der Waals surface area contributed by atoms with E-state index in [2.05, 4.69) is 0 Å². The van der Waals surface area contributed by atoms with Crippen molar-refractivity contribution < 1.29 is 28.5 Å². The minimum atomic E-state index is -0.505. The number of benzene rings is 1. The van der Waals surface area contributed by atoms with Crippen molar-refractivity contribution in [3.63, 3.8) is 0 Å². The standard InChI is InChI=1S/C17H23NO6/c1-4-16(19)23-11-24-17(20)18(5-2)12(3)8-13-6-7-14-15(9-13)22-10-21-14/h6-7,9,12H,4-5,8,10-11H2,1-3H3. The number of rotatable bonds is 7. The third-order valence-electron chi connectivity index (χ3n) is 3.77. The molecule has 7 heteroatoms. The summed E-state index contributed by atoms with van der Waals surface area (Å²) in [6, 6.07) is 5.65. The van der Waals surface area contributed by atoms with E-state index in [1.54, 1.807) is 11.8 Å². The van der Waals surface area contributed by atoms with Crippen LogP contribution >= 0.6 is 0 Å². The maximum Gasteiger partial charge on any atom is 0.412 e. The van der Waals surface area contributed by atoms with Crippen LogP contribution in [0.2, 0.25) is 0 Å². The molecule has 1 aromatic carbocycles. The van der Waals surface area contributed by atoms with Gasteiger partial charge in [-0.3, -0.25) is 4.79 Å². The first kappa shape index (κ1) is 17.9. The SMILES string of the molecule is CCC(=O)OCOC(=O)N(CC)C(C)Cc1ccc2c(c1)OCO2. The average Bonchev–Trinajstić information content (AvgIpc) is 3.03. The number of ether oxygens (including phenoxy) is 4. The number of likely N-dealkylation sites (N-methyl/N-ethyl adjacent to an activating group) is 1. The highest BCUT2D eigenvalue weighted by Gasteiger charge is 2.22. The Kier molecular flexibility index (Phi) is 6.28. The van der Waals surface area contributed by atoms with E-state index >= 15 is 0 Å². The van der Waals surface area contributed by atoms with Crippen LogP contribution in [0.3, 0.4) is 0 Å². The third kappa shape index (κ3) is 4.53. The highest BCUT2D eigenvalue weighted by molar-refractivity contribution is 5.70. The van der Waals surface area contributed by atoms with Gasteiger partial charge in [0.25, 0.3) is 0 Å². The molecule has 1 atom stereocenters. The summed E-state index contributed by atoms with van der Waals surface area (Å²) in [6.07, 6.45) is 0.388. The minimum Gasteiger partial charge on any atom is -0.454 e. The van der Waals surface area contributed by atoms with Gasteiger partial charge in [-0.1, -0.05) is 13.0 Å². The largest absolute Gasteiger partial charge is 0.454 e. The molecular weight excluding hydrogens is 314 g/mol. The third-order valence-corrected chi connectivity index (χ3v) is 3.77. The van der Waals surface area contributed by atoms with Crippen LogP contribution in [0.15, 0.2) is 18.2 Å². The molecule has 7 nitrogen and oxygen atoms in total. The Bertz CT molecular complexity index is 588. The first-order chi connectivity index (χ1) is 11.5. The fraction of sp³-hybridized carbons (Fsp3) is 0.529. The summed E-state index contributed by atoms with van der Waals surface area (Å²) >= 11 is 0. The molecular formula is C17H23NO6. The van der Waals surface area contributed by atoms with Gasteiger partial charge in [0.1, 0.15) is 0 Å². The summed E-state index contributed by atoms with van der Waals surface area (Å²) in [6.45, 7) is 5.85. The number of hydrogen-bond acceptors (Lipinski definition) is 6. The Labute approximate surface area is 141 Å². The first-order valence-corrected chi connectivity index (χ1v) is 8.02. The molecule has 0 N–H and O–H groups in total. The fourth-order valence-corrected chi connectivity index (χ4v) is 2.47. The van der Waals surface area contributed by atoms with Gasteiger partial charge in [-0.15, -0.1) is 0 Å². The zero-order valence-electron chi connectivity index (χ0n) is 14.2. The van der Waals surface area contributed by atoms with Gasteiger partial charge in [-0.05, 0) is 38.0 Å². The average molecular weight is 337 g/mol. The van der Waals surface area contributed by atoms with Gasteiger partial charge in [0.05, 0.1) is 0 Å². The van der Waals surface area contributed by atoms with Gasteiger partial charge < -0.3 is 23.8 Å². The summed E-state index contributed by atoms with van der Waals surface area (Å²) in [7, 11) is 0. The van der Waals surface area contributed by atoms with Crippen LogP contribution in [0.4, 0.5) is 4.79 Å². The van der Waals surface area contributed by atoms with Crippen LogP contribution in [0.25, 0.3) is 0 Å². The van der Waals surface area contributed by atoms with Crippen molar-refractivity contribution in [2.75, 3.05) is 20.1 Å². The van der Waals surface area contributed by atoms with E-state index in [0.717, 1.165) is 17.1 Å². The molecule has 1 aliphatic heterocycles. The van der Waals surface area contributed by atoms with E-state index in [-0.39, 0.29) is 26.0 Å². The van der Waals surface area contributed by atoms with E-state index in [9.17, 15) is 9.59 Å². The van der Waals surface area contributed by atoms with Gasteiger partial charge in [0, 0.05) is 19.0 Å². The molecule has 1 aliphatic rings. The molecule has 0 aliphatic carbocycles. The Morgan fingerprint density at radius 1 is 1.21 bits per heavy atom. The number of carbonyl (C=O) groups excluding carboxylic acids is 2. The summed E-state index contributed by atoms with van der Waals surface area (Å²) in [5.41, 5.74) is 1.04. The number of esters is 1. The molecule has 0 spiro atoms. The van der Waals surface area contributed by atoms with Gasteiger partial charge >= 0.3 is 12.1 Å². The maximum absolute atomic E-state index is 12.1. The van der Waals surface area contributed by atoms with E-state index in [1.807, 2.05) is 32.0 Å². The van der Waals surface area contributed by atoms with Crippen molar-refractivity contribution in [2.24, 2.45) is 0 Å². The predicted octanol–water partition coefficient (Wildman–Crippen LogP) is 2.72. The minimum absolute atomic E-state index is 0.0789. The smallest absolute Gasteiger partial charge is 0.412 e. The van der Waals surface area contributed by atoms with Crippen molar-refractivity contribution in [1.82, 2.24) is 4.90 Å². The number of amides is 1. The molecule has 0 radical (unpaired) electrons. The van der Waals surface area contributed by atoms with Crippen molar-refractivity contribution in [3.8, 4) is 11.5 Å². The Balaban J connectivity index is 1.89. The number of fused-ring (bicyclic) bond motifs is 1. The van der Waals surface area contributed by atoms with Gasteiger partial charge in [0.2, 0.25) is 13.6 Å². The van der Waals surface area contributed by atoms with Crippen LogP contribution in [0.1, 0.15) is 32.8 Å². The lowest BCUT2D eigenvalue weighted by Gasteiger charge is -2.27. The molecule has 0 aromatic heterocycles. The summed E-state index contributed by atoms with van der Waals surface area (Å²) in [5, 5.41) is 0. The van der Waals surface area contributed by atoms with E-state index in [0.29, 0.717) is 13.0 Å². The predicted molar refractivity (Wildman–Crippen MR) is 85.8 cm³/mol. The molecule has 1 amide bonds. The lowest BCUT2D eigenvalue weighted by atomic mass is 10.1. The summed E-state index contributed by atoms with van der Waals surface area (Å²) in [4.78, 5) is 24.8. The molecule has 2 rings (SSSR count). The number of nitrogens with zero attached hydrogens (tertiary/aromatic N) is 1. The van der Waals surface area contributed by atoms with Crippen LogP contribution in [0, 0.1) is 0 Å². The second-order valence-corrected chi connectivity index (χ2v) is 5.42. The van der Waals surface area contributed by atoms with Crippen LogP contribution in [0.5, 0.6) is 11.5 Å². The lowest BCUT2D eigenvalue weighted by molar-refractivity contribution is -0.152. The molecule has 24 heavy (non-hydrogen) atoms. The zero-order valence-corrected chi connectivity index (χ0v) is 14.2. The quantitative estimate of drug-likeness (QED) is 0.562. The normalized spacial score (nSPS) is 13.3. The number of hydrogen-bond donors (Lipinski definition) is 0. The summed E-state index contributed by atoms with van der Waals surface area (Å²) < 4.78 is 20.4. The van der Waals surface area contributed by atoms with E-state index in [4.69, 9.17) is 18.9 Å². The topological polar surface area (TPSA) is 74.3 Å². The highest BCUT2D eigenvalue weighted by atomic mass is 16.7. The van der Waals surface area contributed by atoms with E-state index in [1.165, 1.54) is 0 Å². The second-order valence-electron chi connectivity index (χ2n) is 5.42. The van der Waals surface area contributed by atoms with Crippen LogP contribution < -0.4 is 9.47 Å². The Morgan fingerprint density at radius 3 is 2.67 bits per heavy atom. The van der Waals surface area contributed by atoms with Crippen molar-refractivity contribution in [2.45, 2.75) is 39.7 Å². The van der Waals surface area contributed by atoms with Gasteiger partial charge in [-0.2, -0.15) is 0 Å². The van der Waals surface area contributed by atoms with Crippen LogP contribution in [-0.4, -0.2) is 43.1 Å². The molecule has 132 valence electrons. The molecule has 0 fully saturated rings. The number of carbonyl (C=O) groups is 2. The monoisotopic (exact) mass is 337 g/mol. The van der Waals surface area contributed by atoms with Gasteiger partial charge in [0.15, 0.2) is 11.5 Å². The molecule has 0 saturated carbocycles. The van der Waals surface area contributed by atoms with Crippen molar-refractivity contribution >= 4 is 12.1 Å². The molecule has 1 heterocycles. The summed E-state index contributed by atoms with van der Waals surface area (Å²) in [5.74, 6) is 1.05. The first-order valence-electron chi connectivity index (χ1n) is 8.02. The Hall–Kier alpha value is -2.44. The lowest BCUT2D eigenvalue weighted by Crippen LogP contribution is -2.40. The molecule has 1 aromatic rings. The zero-order chi connectivity index (χ0) is 17.5. The van der Waals surface area contributed by atoms with Gasteiger partial charge in [-0.25, -0.2) is 4.79 Å². The second kappa shape index (κ2) is 8.42. The molecule has 0 saturated heterocycles. The van der Waals surface area contributed by atoms with E-state index < -0.39 is 12.1 Å². The highest BCUT2D eigenvalue weighted by Crippen LogP contribution is 2.33. The Morgan fingerprint density at radius 2 is 1.96 bits per heavy atom. The molecule has 0 bridgehead atoms. The maximum atomic E-state index is 12.1. The van der Waals surface area contributed by atoms with Crippen molar-refractivity contribution in [1.29, 1.82) is 0 Å². The molecule has 1 unspecified atom stereocenters. The van der Waals surface area contributed by atoms with Crippen molar-refractivity contribution in [3.05, 3.63) is 23.8 Å².